The highest BCUT2D eigenvalue weighted by molar-refractivity contribution is 6.74. The molecule has 0 amide bonds. The number of esters is 1. The van der Waals surface area contributed by atoms with Crippen molar-refractivity contribution in [3.05, 3.63) is 48.0 Å². The summed E-state index contributed by atoms with van der Waals surface area (Å²) in [4.78, 5) is 13.6. The van der Waals surface area contributed by atoms with Gasteiger partial charge in [0.25, 0.3) is 0 Å². The van der Waals surface area contributed by atoms with E-state index in [1.165, 1.54) is 44.9 Å². The maximum absolute atomic E-state index is 13.6. The van der Waals surface area contributed by atoms with Gasteiger partial charge in [-0.2, -0.15) is 0 Å². The van der Waals surface area contributed by atoms with Gasteiger partial charge < -0.3 is 13.9 Å². The third-order valence-electron chi connectivity index (χ3n) is 9.15. The molecule has 2 rings (SSSR count). The van der Waals surface area contributed by atoms with Crippen LogP contribution in [0.2, 0.25) is 18.1 Å². The first-order valence-corrected chi connectivity index (χ1v) is 19.7. The van der Waals surface area contributed by atoms with Crippen LogP contribution in [0.4, 0.5) is 0 Å². The van der Waals surface area contributed by atoms with E-state index in [2.05, 4.69) is 52.6 Å². The van der Waals surface area contributed by atoms with Gasteiger partial charge in [-0.05, 0) is 61.5 Å². The zero-order valence-corrected chi connectivity index (χ0v) is 29.7. The number of unbranched alkanes of at least 4 members (excludes halogenated alkanes) is 10. The molecule has 0 bridgehead atoms. The maximum Gasteiger partial charge on any atom is 0.344 e. The molecule has 4 nitrogen and oxygen atoms in total. The third-order valence-corrected chi connectivity index (χ3v) is 13.7. The zero-order chi connectivity index (χ0) is 31.8. The summed E-state index contributed by atoms with van der Waals surface area (Å²) in [5, 5.41) is 2.36. The summed E-state index contributed by atoms with van der Waals surface area (Å²) in [6, 6.07) is 14.0. The fraction of sp³-hybridized carbons (Fsp3) is 0.658. The van der Waals surface area contributed by atoms with Gasteiger partial charge >= 0.3 is 5.97 Å². The summed E-state index contributed by atoms with van der Waals surface area (Å²) in [5.74, 6) is 6.15. The lowest BCUT2D eigenvalue weighted by Gasteiger charge is -2.36. The van der Waals surface area contributed by atoms with Crippen molar-refractivity contribution in [2.24, 2.45) is 0 Å². The molecule has 5 heteroatoms. The topological polar surface area (TPSA) is 44.8 Å². The molecule has 2 unspecified atom stereocenters. The number of methoxy groups -OCH3 is 1. The molecule has 2 aromatic carbocycles. The second-order valence-corrected chi connectivity index (χ2v) is 18.5. The monoisotopic (exact) mass is 608 g/mol. The minimum Gasteiger partial charge on any atom is -0.447 e. The average molecular weight is 609 g/mol. The Bertz CT molecular complexity index is 1150. The van der Waals surface area contributed by atoms with Crippen molar-refractivity contribution in [2.45, 2.75) is 148 Å². The Kier molecular flexibility index (Phi) is 16.0. The van der Waals surface area contributed by atoms with Gasteiger partial charge in [0.1, 0.15) is 0 Å². The smallest absolute Gasteiger partial charge is 0.344 e. The van der Waals surface area contributed by atoms with E-state index in [1.807, 2.05) is 42.5 Å². The number of hydrogen-bond donors (Lipinski definition) is 0. The van der Waals surface area contributed by atoms with Gasteiger partial charge in [0, 0.05) is 25.7 Å². The van der Waals surface area contributed by atoms with Crippen molar-refractivity contribution < 1.29 is 18.7 Å². The quantitative estimate of drug-likeness (QED) is 0.0689. The van der Waals surface area contributed by atoms with Crippen LogP contribution in [-0.4, -0.2) is 34.1 Å². The van der Waals surface area contributed by atoms with E-state index in [4.69, 9.17) is 13.9 Å². The van der Waals surface area contributed by atoms with Crippen LogP contribution < -0.4 is 0 Å². The van der Waals surface area contributed by atoms with Crippen LogP contribution in [0.5, 0.6) is 0 Å². The van der Waals surface area contributed by atoms with Gasteiger partial charge in [-0.1, -0.05) is 133 Å². The number of fused-ring (bicyclic) bond motifs is 1. The minimum atomic E-state index is -1.61. The van der Waals surface area contributed by atoms with Crippen molar-refractivity contribution in [3.8, 4) is 11.8 Å². The van der Waals surface area contributed by atoms with E-state index in [1.54, 1.807) is 14.0 Å². The lowest BCUT2D eigenvalue weighted by Crippen LogP contribution is -2.40. The Labute approximate surface area is 264 Å². The van der Waals surface area contributed by atoms with Crippen LogP contribution >= 0.6 is 0 Å². The van der Waals surface area contributed by atoms with E-state index >= 15 is 0 Å². The molecule has 0 aromatic heterocycles. The zero-order valence-electron chi connectivity index (χ0n) is 28.7. The van der Waals surface area contributed by atoms with Crippen molar-refractivity contribution in [3.63, 3.8) is 0 Å². The van der Waals surface area contributed by atoms with Crippen LogP contribution in [-0.2, 0) is 24.3 Å². The molecule has 0 aliphatic heterocycles. The Morgan fingerprint density at radius 3 is 2.07 bits per heavy atom. The minimum absolute atomic E-state index is 0.290. The fourth-order valence-electron chi connectivity index (χ4n) is 5.01. The summed E-state index contributed by atoms with van der Waals surface area (Å²) in [6.07, 6.45) is 14.3. The predicted molar refractivity (Wildman–Crippen MR) is 185 cm³/mol. The molecule has 0 radical (unpaired) electrons. The number of ether oxygens (including phenoxy) is 2. The lowest BCUT2D eigenvalue weighted by atomic mass is 9.90. The average Bonchev–Trinajstić information content (AvgIpc) is 2.98. The third kappa shape index (κ3) is 12.1. The number of carbonyl (C=O) groups is 1. The number of benzene rings is 2. The van der Waals surface area contributed by atoms with Crippen LogP contribution in [0.15, 0.2) is 42.5 Å². The maximum atomic E-state index is 13.6. The first-order chi connectivity index (χ1) is 20.5. The van der Waals surface area contributed by atoms with Crippen molar-refractivity contribution >= 4 is 25.1 Å². The first kappa shape index (κ1) is 37.1. The highest BCUT2D eigenvalue weighted by Gasteiger charge is 2.39. The fourth-order valence-corrected chi connectivity index (χ4v) is 6.10. The van der Waals surface area contributed by atoms with Gasteiger partial charge in [-0.15, -0.1) is 0 Å². The Morgan fingerprint density at radius 1 is 0.837 bits per heavy atom. The van der Waals surface area contributed by atoms with Crippen LogP contribution in [0.25, 0.3) is 10.8 Å². The Hall–Kier alpha value is -2.13. The lowest BCUT2D eigenvalue weighted by molar-refractivity contribution is -0.171. The highest BCUT2D eigenvalue weighted by Crippen LogP contribution is 2.37. The molecule has 2 aromatic rings. The van der Waals surface area contributed by atoms with Gasteiger partial charge in [-0.25, -0.2) is 4.79 Å². The molecule has 0 N–H and O–H groups in total. The predicted octanol–water partition coefficient (Wildman–Crippen LogP) is 10.7. The molecule has 0 heterocycles. The van der Waals surface area contributed by atoms with E-state index in [0.717, 1.165) is 61.5 Å². The molecule has 0 spiro atoms. The number of hydrogen-bond acceptors (Lipinski definition) is 4. The van der Waals surface area contributed by atoms with E-state index in [0.29, 0.717) is 0 Å². The van der Waals surface area contributed by atoms with Crippen LogP contribution in [0.1, 0.15) is 124 Å². The van der Waals surface area contributed by atoms with Crippen molar-refractivity contribution in [1.29, 1.82) is 0 Å². The molecule has 0 saturated carbocycles. The summed E-state index contributed by atoms with van der Waals surface area (Å²) >= 11 is 0. The molecule has 0 aliphatic carbocycles. The normalized spacial score (nSPS) is 14.1. The molecule has 43 heavy (non-hydrogen) atoms. The molecule has 0 fully saturated rings. The molecular formula is C38H60O4Si. The summed E-state index contributed by atoms with van der Waals surface area (Å²) in [7, 11) is -0.0301. The largest absolute Gasteiger partial charge is 0.447 e. The summed E-state index contributed by atoms with van der Waals surface area (Å²) in [5.41, 5.74) is -0.389. The standard InChI is InChI=1S/C38H60O4Si/c1-9-10-11-19-27-33(28-20-17-15-13-12-14-16-18-23-31-41-43(7,8)37(2,3)4)42-36(39)38(5,40-6)35-30-24-26-32-25-21-22-29-34(32)35/h21-22,24-26,29-30,33H,9-18,20,23,28,31H2,1-8H3. The van der Waals surface area contributed by atoms with E-state index < -0.39 is 20.0 Å². The van der Waals surface area contributed by atoms with Crippen molar-refractivity contribution in [2.75, 3.05) is 13.7 Å². The van der Waals surface area contributed by atoms with Gasteiger partial charge in [0.2, 0.25) is 0 Å². The first-order valence-electron chi connectivity index (χ1n) is 16.8. The summed E-state index contributed by atoms with van der Waals surface area (Å²) in [6.45, 7) is 16.5. The highest BCUT2D eigenvalue weighted by atomic mass is 28.4. The molecule has 0 aliphatic rings. The molecule has 240 valence electrons. The second-order valence-electron chi connectivity index (χ2n) is 13.7. The van der Waals surface area contributed by atoms with Gasteiger partial charge in [-0.3, -0.25) is 0 Å². The second kappa shape index (κ2) is 18.6. The summed E-state index contributed by atoms with van der Waals surface area (Å²) < 4.78 is 18.2. The van der Waals surface area contributed by atoms with Crippen LogP contribution in [0.3, 0.4) is 0 Å². The molecule has 2 atom stereocenters. The molecular weight excluding hydrogens is 549 g/mol. The Balaban J connectivity index is 1.79. The van der Waals surface area contributed by atoms with Gasteiger partial charge in [0.15, 0.2) is 20.0 Å². The van der Waals surface area contributed by atoms with Crippen LogP contribution in [0, 0.1) is 11.8 Å². The number of rotatable bonds is 19. The van der Waals surface area contributed by atoms with E-state index in [9.17, 15) is 4.79 Å². The van der Waals surface area contributed by atoms with Crippen molar-refractivity contribution in [1.82, 2.24) is 0 Å². The van der Waals surface area contributed by atoms with Gasteiger partial charge in [0.05, 0.1) is 0 Å². The number of carbonyl (C=O) groups excluding carboxylic acids is 1. The SMILES string of the molecule is CCCCC#CC(CCCCCCCCCCCO[Si](C)(C)C(C)(C)C)OC(=O)C(C)(OC)c1cccc2ccccc12. The van der Waals surface area contributed by atoms with E-state index in [-0.39, 0.29) is 11.0 Å². The Morgan fingerprint density at radius 2 is 1.44 bits per heavy atom. The molecule has 0 saturated heterocycles.